The van der Waals surface area contributed by atoms with Gasteiger partial charge in [-0.1, -0.05) is 6.07 Å². The van der Waals surface area contributed by atoms with Crippen molar-refractivity contribution in [3.8, 4) is 11.5 Å². The van der Waals surface area contributed by atoms with Crippen molar-refractivity contribution < 1.29 is 18.6 Å². The highest BCUT2D eigenvalue weighted by Crippen LogP contribution is 2.26. The molecular weight excluding hydrogens is 238 g/mol. The van der Waals surface area contributed by atoms with Gasteiger partial charge in [-0.3, -0.25) is 0 Å². The van der Waals surface area contributed by atoms with E-state index < -0.39 is 5.82 Å². The Labute approximate surface area is 103 Å². The summed E-state index contributed by atoms with van der Waals surface area (Å²) in [6, 6.07) is 8.39. The minimum atomic E-state index is -0.566. The zero-order valence-corrected chi connectivity index (χ0v) is 9.78. The predicted molar refractivity (Wildman–Crippen MR) is 63.5 cm³/mol. The third kappa shape index (κ3) is 2.65. The number of hydrogen-bond donors (Lipinski definition) is 1. The number of aliphatic hydroxyl groups excluding tert-OH is 1. The van der Waals surface area contributed by atoms with Gasteiger partial charge in [-0.25, -0.2) is 8.78 Å². The average molecular weight is 250 g/mol. The highest BCUT2D eigenvalue weighted by Gasteiger charge is 2.07. The van der Waals surface area contributed by atoms with Crippen LogP contribution in [0.1, 0.15) is 11.1 Å². The summed E-state index contributed by atoms with van der Waals surface area (Å²) >= 11 is 0. The lowest BCUT2D eigenvalue weighted by Crippen LogP contribution is -1.92. The van der Waals surface area contributed by atoms with E-state index in [0.29, 0.717) is 16.9 Å². The number of rotatable bonds is 3. The van der Waals surface area contributed by atoms with Gasteiger partial charge in [0.15, 0.2) is 11.6 Å². The number of ether oxygens (including phenoxy) is 1. The van der Waals surface area contributed by atoms with Crippen LogP contribution in [0.25, 0.3) is 0 Å². The van der Waals surface area contributed by atoms with Crippen LogP contribution in [0, 0.1) is 18.6 Å². The molecule has 0 bridgehead atoms. The predicted octanol–water partition coefficient (Wildman–Crippen LogP) is 3.56. The summed E-state index contributed by atoms with van der Waals surface area (Å²) in [6.45, 7) is 1.38. The standard InChI is InChI=1S/C14H12F2O2/c1-9-6-11(3-4-12(9)15)18-14-5-2-10(8-17)7-13(14)16/h2-7,17H,8H2,1H3. The summed E-state index contributed by atoms with van der Waals surface area (Å²) in [7, 11) is 0. The van der Waals surface area contributed by atoms with E-state index in [-0.39, 0.29) is 18.2 Å². The highest BCUT2D eigenvalue weighted by atomic mass is 19.1. The fourth-order valence-electron chi connectivity index (χ4n) is 1.53. The highest BCUT2D eigenvalue weighted by molar-refractivity contribution is 5.36. The molecule has 0 radical (unpaired) electrons. The monoisotopic (exact) mass is 250 g/mol. The number of hydrogen-bond acceptors (Lipinski definition) is 2. The van der Waals surface area contributed by atoms with Gasteiger partial charge in [0.25, 0.3) is 0 Å². The second-order valence-electron chi connectivity index (χ2n) is 3.94. The molecule has 2 aromatic rings. The second-order valence-corrected chi connectivity index (χ2v) is 3.94. The third-order valence-corrected chi connectivity index (χ3v) is 2.54. The molecule has 0 spiro atoms. The fourth-order valence-corrected chi connectivity index (χ4v) is 1.53. The summed E-state index contributed by atoms with van der Waals surface area (Å²) in [5.74, 6) is -0.496. The Balaban J connectivity index is 2.25. The van der Waals surface area contributed by atoms with Crippen molar-refractivity contribution in [1.29, 1.82) is 0 Å². The minimum absolute atomic E-state index is 0.0400. The molecule has 0 fully saturated rings. The zero-order chi connectivity index (χ0) is 13.1. The van der Waals surface area contributed by atoms with Crippen molar-refractivity contribution >= 4 is 0 Å². The lowest BCUT2D eigenvalue weighted by atomic mass is 10.2. The number of aryl methyl sites for hydroxylation is 1. The summed E-state index contributed by atoms with van der Waals surface area (Å²) in [6.07, 6.45) is 0. The third-order valence-electron chi connectivity index (χ3n) is 2.54. The average Bonchev–Trinajstić information content (AvgIpc) is 2.36. The van der Waals surface area contributed by atoms with Crippen molar-refractivity contribution in [2.24, 2.45) is 0 Å². The smallest absolute Gasteiger partial charge is 0.166 e. The Hall–Kier alpha value is -1.94. The first-order chi connectivity index (χ1) is 8.60. The van der Waals surface area contributed by atoms with E-state index in [1.807, 2.05) is 0 Å². The number of halogens is 2. The Morgan fingerprint density at radius 3 is 2.44 bits per heavy atom. The number of aliphatic hydroxyl groups is 1. The van der Waals surface area contributed by atoms with Gasteiger partial charge in [0, 0.05) is 0 Å². The molecule has 0 aliphatic rings. The van der Waals surface area contributed by atoms with Crippen LogP contribution in [0.4, 0.5) is 8.78 Å². The van der Waals surface area contributed by atoms with Gasteiger partial charge in [-0.05, 0) is 48.4 Å². The molecule has 0 atom stereocenters. The van der Waals surface area contributed by atoms with Gasteiger partial charge >= 0.3 is 0 Å². The number of benzene rings is 2. The van der Waals surface area contributed by atoms with Gasteiger partial charge in [-0.15, -0.1) is 0 Å². The van der Waals surface area contributed by atoms with Crippen molar-refractivity contribution in [3.63, 3.8) is 0 Å². The SMILES string of the molecule is Cc1cc(Oc2ccc(CO)cc2F)ccc1F. The molecule has 0 amide bonds. The van der Waals surface area contributed by atoms with Gasteiger partial charge in [0.05, 0.1) is 6.61 Å². The summed E-state index contributed by atoms with van der Waals surface area (Å²) < 4.78 is 32.0. The van der Waals surface area contributed by atoms with Crippen LogP contribution in [0.15, 0.2) is 36.4 Å². The largest absolute Gasteiger partial charge is 0.454 e. The molecule has 94 valence electrons. The van der Waals surface area contributed by atoms with E-state index in [1.165, 1.54) is 30.3 Å². The van der Waals surface area contributed by atoms with Crippen LogP contribution in [0.2, 0.25) is 0 Å². The lowest BCUT2D eigenvalue weighted by molar-refractivity contribution is 0.281. The molecule has 0 aliphatic carbocycles. The Morgan fingerprint density at radius 2 is 1.83 bits per heavy atom. The van der Waals surface area contributed by atoms with Crippen LogP contribution < -0.4 is 4.74 Å². The van der Waals surface area contributed by atoms with E-state index in [4.69, 9.17) is 9.84 Å². The summed E-state index contributed by atoms with van der Waals surface area (Å²) in [4.78, 5) is 0. The normalized spacial score (nSPS) is 10.4. The Morgan fingerprint density at radius 1 is 1.06 bits per heavy atom. The maximum Gasteiger partial charge on any atom is 0.166 e. The molecule has 2 rings (SSSR count). The van der Waals surface area contributed by atoms with Gasteiger partial charge < -0.3 is 9.84 Å². The first-order valence-corrected chi connectivity index (χ1v) is 5.43. The molecule has 0 aliphatic heterocycles. The maximum absolute atomic E-state index is 13.6. The molecule has 0 unspecified atom stereocenters. The van der Waals surface area contributed by atoms with E-state index in [9.17, 15) is 8.78 Å². The minimum Gasteiger partial charge on any atom is -0.454 e. The topological polar surface area (TPSA) is 29.5 Å². The van der Waals surface area contributed by atoms with Crippen molar-refractivity contribution in [1.82, 2.24) is 0 Å². The fraction of sp³-hybridized carbons (Fsp3) is 0.143. The van der Waals surface area contributed by atoms with Crippen LogP contribution >= 0.6 is 0 Å². The Bertz CT molecular complexity index is 568. The first-order valence-electron chi connectivity index (χ1n) is 5.43. The quantitative estimate of drug-likeness (QED) is 0.902. The van der Waals surface area contributed by atoms with Crippen molar-refractivity contribution in [2.45, 2.75) is 13.5 Å². The van der Waals surface area contributed by atoms with E-state index >= 15 is 0 Å². The van der Waals surface area contributed by atoms with Crippen LogP contribution in [-0.2, 0) is 6.61 Å². The molecule has 2 nitrogen and oxygen atoms in total. The molecule has 0 saturated heterocycles. The van der Waals surface area contributed by atoms with Crippen molar-refractivity contribution in [3.05, 3.63) is 59.2 Å². The van der Waals surface area contributed by atoms with Gasteiger partial charge in [0.1, 0.15) is 11.6 Å². The molecule has 18 heavy (non-hydrogen) atoms. The van der Waals surface area contributed by atoms with Crippen molar-refractivity contribution in [2.75, 3.05) is 0 Å². The molecular formula is C14H12F2O2. The van der Waals surface area contributed by atoms with E-state index in [1.54, 1.807) is 13.0 Å². The summed E-state index contributed by atoms with van der Waals surface area (Å²) in [5.41, 5.74) is 0.898. The molecule has 0 aromatic heterocycles. The van der Waals surface area contributed by atoms with Crippen LogP contribution in [0.5, 0.6) is 11.5 Å². The van der Waals surface area contributed by atoms with Gasteiger partial charge in [0.2, 0.25) is 0 Å². The zero-order valence-electron chi connectivity index (χ0n) is 9.78. The molecule has 0 heterocycles. The van der Waals surface area contributed by atoms with E-state index in [2.05, 4.69) is 0 Å². The molecule has 2 aromatic carbocycles. The lowest BCUT2D eigenvalue weighted by Gasteiger charge is -2.08. The first kappa shape index (κ1) is 12.5. The molecule has 0 saturated carbocycles. The van der Waals surface area contributed by atoms with E-state index in [0.717, 1.165) is 0 Å². The Kier molecular flexibility index (Phi) is 3.58. The summed E-state index contributed by atoms with van der Waals surface area (Å²) in [5, 5.41) is 8.86. The van der Waals surface area contributed by atoms with Gasteiger partial charge in [-0.2, -0.15) is 0 Å². The second kappa shape index (κ2) is 5.14. The maximum atomic E-state index is 13.6. The molecule has 4 heteroatoms. The van der Waals surface area contributed by atoms with Crippen LogP contribution in [-0.4, -0.2) is 5.11 Å². The molecule has 1 N–H and O–H groups in total. The van der Waals surface area contributed by atoms with Crippen LogP contribution in [0.3, 0.4) is 0 Å².